The highest BCUT2D eigenvalue weighted by Gasteiger charge is 2.26. The number of rotatable bonds is 5. The third-order valence-electron chi connectivity index (χ3n) is 3.02. The van der Waals surface area contributed by atoms with E-state index in [4.69, 9.17) is 0 Å². The van der Waals surface area contributed by atoms with Crippen LogP contribution in [0, 0.1) is 5.82 Å². The summed E-state index contributed by atoms with van der Waals surface area (Å²) in [6, 6.07) is 0.660. The fourth-order valence-corrected chi connectivity index (χ4v) is 1.70. The van der Waals surface area contributed by atoms with E-state index in [1.165, 1.54) is 13.1 Å². The number of halogens is 1. The number of anilines is 1. The summed E-state index contributed by atoms with van der Waals surface area (Å²) in [6.45, 7) is 1.57. The Bertz CT molecular complexity index is 452. The Labute approximate surface area is 112 Å². The number of aryl methyl sites for hydroxylation is 1. The number of nitrogens with zero attached hydrogens (tertiary/aromatic N) is 3. The molecule has 6 heteroatoms. The van der Waals surface area contributed by atoms with Gasteiger partial charge in [0.25, 0.3) is 0 Å². The van der Waals surface area contributed by atoms with Crippen LogP contribution in [0.15, 0.2) is 12.3 Å². The summed E-state index contributed by atoms with van der Waals surface area (Å²) in [5.41, 5.74) is 0.772. The van der Waals surface area contributed by atoms with Crippen molar-refractivity contribution in [1.29, 1.82) is 0 Å². The van der Waals surface area contributed by atoms with E-state index < -0.39 is 17.8 Å². The molecular formula is C13H20FN3O2. The topological polar surface area (TPSA) is 56.7 Å². The minimum Gasteiger partial charge on any atom is -0.394 e. The number of amides is 1. The van der Waals surface area contributed by atoms with Crippen LogP contribution in [0.3, 0.4) is 0 Å². The van der Waals surface area contributed by atoms with Gasteiger partial charge in [0.05, 0.1) is 6.61 Å². The first-order valence-corrected chi connectivity index (χ1v) is 6.11. The number of hydrogen-bond donors (Lipinski definition) is 1. The van der Waals surface area contributed by atoms with Gasteiger partial charge in [0.1, 0.15) is 6.04 Å². The van der Waals surface area contributed by atoms with Crippen LogP contribution in [0.4, 0.5) is 10.2 Å². The van der Waals surface area contributed by atoms with Crippen LogP contribution in [0.5, 0.6) is 0 Å². The van der Waals surface area contributed by atoms with Gasteiger partial charge in [-0.3, -0.25) is 14.6 Å². The number of carbonyl (C=O) groups is 1. The first kappa shape index (κ1) is 15.5. The summed E-state index contributed by atoms with van der Waals surface area (Å²) in [6.07, 6.45) is 2.23. The zero-order valence-electron chi connectivity index (χ0n) is 11.7. The minimum absolute atomic E-state index is 0.0255. The SMILES string of the molecule is CCc1cnc(N(C)C(=O)[C@H](CO)N(C)C)c(F)c1. The van der Waals surface area contributed by atoms with Crippen molar-refractivity contribution in [2.75, 3.05) is 32.6 Å². The summed E-state index contributed by atoms with van der Waals surface area (Å²) < 4.78 is 13.9. The van der Waals surface area contributed by atoms with Gasteiger partial charge in [-0.2, -0.15) is 0 Å². The van der Waals surface area contributed by atoms with Crippen molar-refractivity contribution in [3.05, 3.63) is 23.6 Å². The van der Waals surface area contributed by atoms with Crippen molar-refractivity contribution in [3.63, 3.8) is 0 Å². The largest absolute Gasteiger partial charge is 0.394 e. The number of aromatic nitrogens is 1. The fourth-order valence-electron chi connectivity index (χ4n) is 1.70. The van der Waals surface area contributed by atoms with E-state index in [0.29, 0.717) is 6.42 Å². The van der Waals surface area contributed by atoms with Crippen molar-refractivity contribution >= 4 is 11.7 Å². The van der Waals surface area contributed by atoms with Gasteiger partial charge in [-0.05, 0) is 32.1 Å². The molecule has 19 heavy (non-hydrogen) atoms. The molecule has 0 spiro atoms. The minimum atomic E-state index is -0.711. The average Bonchev–Trinajstić information content (AvgIpc) is 2.37. The number of aliphatic hydroxyl groups excluding tert-OH is 1. The van der Waals surface area contributed by atoms with Crippen molar-refractivity contribution in [1.82, 2.24) is 9.88 Å². The van der Waals surface area contributed by atoms with Gasteiger partial charge in [-0.15, -0.1) is 0 Å². The molecule has 0 saturated heterocycles. The highest BCUT2D eigenvalue weighted by molar-refractivity contribution is 5.96. The second kappa shape index (κ2) is 6.58. The van der Waals surface area contributed by atoms with Gasteiger partial charge in [0, 0.05) is 13.2 Å². The lowest BCUT2D eigenvalue weighted by Gasteiger charge is -2.26. The molecule has 0 fully saturated rings. The predicted octanol–water partition coefficient (Wildman–Crippen LogP) is 0.668. The Hall–Kier alpha value is -1.53. The highest BCUT2D eigenvalue weighted by Crippen LogP contribution is 2.17. The maximum atomic E-state index is 13.9. The Kier molecular flexibility index (Phi) is 5.38. The summed E-state index contributed by atoms with van der Waals surface area (Å²) in [5, 5.41) is 9.21. The molecule has 106 valence electrons. The van der Waals surface area contributed by atoms with Gasteiger partial charge in [0.15, 0.2) is 11.6 Å². The Morgan fingerprint density at radius 2 is 2.11 bits per heavy atom. The van der Waals surface area contributed by atoms with E-state index in [9.17, 15) is 14.3 Å². The zero-order valence-corrected chi connectivity index (χ0v) is 11.7. The third-order valence-corrected chi connectivity index (χ3v) is 3.02. The molecule has 1 aromatic rings. The van der Waals surface area contributed by atoms with E-state index in [1.807, 2.05) is 6.92 Å². The predicted molar refractivity (Wildman–Crippen MR) is 71.5 cm³/mol. The molecule has 0 aliphatic heterocycles. The maximum absolute atomic E-state index is 13.9. The summed E-state index contributed by atoms with van der Waals surface area (Å²) in [4.78, 5) is 18.8. The summed E-state index contributed by atoms with van der Waals surface area (Å²) in [7, 11) is 4.80. The molecule has 1 atom stereocenters. The van der Waals surface area contributed by atoms with E-state index in [-0.39, 0.29) is 12.4 Å². The average molecular weight is 269 g/mol. The van der Waals surface area contributed by atoms with Crippen LogP contribution in [0.2, 0.25) is 0 Å². The van der Waals surface area contributed by atoms with E-state index in [2.05, 4.69) is 4.98 Å². The Morgan fingerprint density at radius 3 is 2.53 bits per heavy atom. The monoisotopic (exact) mass is 269 g/mol. The van der Waals surface area contributed by atoms with E-state index >= 15 is 0 Å². The maximum Gasteiger partial charge on any atom is 0.247 e. The second-order valence-corrected chi connectivity index (χ2v) is 4.56. The molecule has 0 unspecified atom stereocenters. The van der Waals surface area contributed by atoms with Crippen LogP contribution >= 0.6 is 0 Å². The molecular weight excluding hydrogens is 249 g/mol. The molecule has 1 rings (SSSR count). The van der Waals surface area contributed by atoms with Gasteiger partial charge in [0.2, 0.25) is 5.91 Å². The summed E-state index contributed by atoms with van der Waals surface area (Å²) in [5.74, 6) is -0.962. The van der Waals surface area contributed by atoms with Crippen molar-refractivity contribution in [3.8, 4) is 0 Å². The van der Waals surface area contributed by atoms with Crippen LogP contribution < -0.4 is 4.90 Å². The number of carbonyl (C=O) groups excluding carboxylic acids is 1. The van der Waals surface area contributed by atoms with Crippen molar-refractivity contribution in [2.24, 2.45) is 0 Å². The van der Waals surface area contributed by atoms with E-state index in [1.54, 1.807) is 25.2 Å². The van der Waals surface area contributed by atoms with Crippen LogP contribution in [0.1, 0.15) is 12.5 Å². The van der Waals surface area contributed by atoms with Crippen LogP contribution in [-0.4, -0.2) is 54.7 Å². The molecule has 0 aliphatic rings. The molecule has 0 radical (unpaired) electrons. The van der Waals surface area contributed by atoms with Crippen molar-refractivity contribution < 1.29 is 14.3 Å². The number of hydrogen-bond acceptors (Lipinski definition) is 4. The molecule has 1 aromatic heterocycles. The third kappa shape index (κ3) is 3.48. The van der Waals surface area contributed by atoms with Gasteiger partial charge in [-0.1, -0.05) is 6.92 Å². The molecule has 0 aliphatic carbocycles. The fraction of sp³-hybridized carbons (Fsp3) is 0.538. The highest BCUT2D eigenvalue weighted by atomic mass is 19.1. The first-order valence-electron chi connectivity index (χ1n) is 6.11. The lowest BCUT2D eigenvalue weighted by Crippen LogP contribution is -2.47. The molecule has 1 heterocycles. The van der Waals surface area contributed by atoms with Crippen LogP contribution in [-0.2, 0) is 11.2 Å². The second-order valence-electron chi connectivity index (χ2n) is 4.56. The standard InChI is InChI=1S/C13H20FN3O2/c1-5-9-6-10(14)12(15-7-9)17(4)13(19)11(8-18)16(2)3/h6-7,11,18H,5,8H2,1-4H3/t11-/m0/s1. The quantitative estimate of drug-likeness (QED) is 0.853. The Morgan fingerprint density at radius 1 is 1.47 bits per heavy atom. The molecule has 0 bridgehead atoms. The van der Waals surface area contributed by atoms with Crippen molar-refractivity contribution in [2.45, 2.75) is 19.4 Å². The number of aliphatic hydroxyl groups is 1. The molecule has 1 N–H and O–H groups in total. The normalized spacial score (nSPS) is 12.6. The van der Waals surface area contributed by atoms with Gasteiger partial charge >= 0.3 is 0 Å². The number of pyridine rings is 1. The lowest BCUT2D eigenvalue weighted by molar-refractivity contribution is -0.123. The molecule has 0 saturated carbocycles. The number of likely N-dealkylation sites (N-methyl/N-ethyl adjacent to an activating group) is 2. The van der Waals surface area contributed by atoms with Gasteiger partial charge < -0.3 is 5.11 Å². The molecule has 0 aromatic carbocycles. The zero-order chi connectivity index (χ0) is 14.6. The first-order chi connectivity index (χ1) is 8.92. The van der Waals surface area contributed by atoms with Crippen LogP contribution in [0.25, 0.3) is 0 Å². The smallest absolute Gasteiger partial charge is 0.247 e. The molecule has 5 nitrogen and oxygen atoms in total. The Balaban J connectivity index is 2.99. The lowest BCUT2D eigenvalue weighted by atomic mass is 10.2. The summed E-state index contributed by atoms with van der Waals surface area (Å²) >= 11 is 0. The molecule has 1 amide bonds. The van der Waals surface area contributed by atoms with Gasteiger partial charge in [-0.25, -0.2) is 9.37 Å². The van der Waals surface area contributed by atoms with E-state index in [0.717, 1.165) is 10.5 Å².